The zero-order valence-electron chi connectivity index (χ0n) is 12.9. The quantitative estimate of drug-likeness (QED) is 0.784. The minimum Gasteiger partial charge on any atom is -0.493 e. The van der Waals surface area contributed by atoms with Crippen LogP contribution in [0, 0.1) is 0 Å². The molecule has 5 heteroatoms. The highest BCUT2D eigenvalue weighted by molar-refractivity contribution is 5.50. The van der Waals surface area contributed by atoms with Crippen molar-refractivity contribution in [2.75, 3.05) is 7.11 Å². The van der Waals surface area contributed by atoms with Crippen molar-refractivity contribution in [3.63, 3.8) is 0 Å². The fourth-order valence-electron chi connectivity index (χ4n) is 2.39. The SMILES string of the molecule is COc1cnc(-c2ccccn2)nc1C(N)Cc1ccccc1. The summed E-state index contributed by atoms with van der Waals surface area (Å²) in [5.74, 6) is 1.14. The van der Waals surface area contributed by atoms with Gasteiger partial charge in [0.1, 0.15) is 11.4 Å². The Bertz CT molecular complexity index is 762. The summed E-state index contributed by atoms with van der Waals surface area (Å²) in [6.45, 7) is 0. The summed E-state index contributed by atoms with van der Waals surface area (Å²) >= 11 is 0. The molecule has 0 aliphatic heterocycles. The van der Waals surface area contributed by atoms with Crippen molar-refractivity contribution in [3.05, 3.63) is 72.2 Å². The third kappa shape index (κ3) is 3.52. The van der Waals surface area contributed by atoms with E-state index in [9.17, 15) is 0 Å². The number of aromatic nitrogens is 3. The van der Waals surface area contributed by atoms with Crippen molar-refractivity contribution >= 4 is 0 Å². The topological polar surface area (TPSA) is 73.9 Å². The molecule has 0 aliphatic rings. The monoisotopic (exact) mass is 306 g/mol. The molecule has 0 spiro atoms. The van der Waals surface area contributed by atoms with Crippen LogP contribution in [-0.2, 0) is 6.42 Å². The molecule has 0 bridgehead atoms. The Kier molecular flexibility index (Phi) is 4.59. The van der Waals surface area contributed by atoms with Gasteiger partial charge in [0.25, 0.3) is 0 Å². The fourth-order valence-corrected chi connectivity index (χ4v) is 2.39. The van der Waals surface area contributed by atoms with Gasteiger partial charge in [0.2, 0.25) is 0 Å². The summed E-state index contributed by atoms with van der Waals surface area (Å²) in [6, 6.07) is 15.4. The first-order chi connectivity index (χ1) is 11.3. The summed E-state index contributed by atoms with van der Waals surface area (Å²) in [7, 11) is 1.60. The van der Waals surface area contributed by atoms with Gasteiger partial charge >= 0.3 is 0 Å². The Labute approximate surface area is 135 Å². The first-order valence-corrected chi connectivity index (χ1v) is 7.40. The van der Waals surface area contributed by atoms with Crippen LogP contribution in [0.2, 0.25) is 0 Å². The van der Waals surface area contributed by atoms with Gasteiger partial charge in [-0.2, -0.15) is 0 Å². The van der Waals surface area contributed by atoms with Crippen LogP contribution in [0.1, 0.15) is 17.3 Å². The second-order valence-electron chi connectivity index (χ2n) is 5.16. The van der Waals surface area contributed by atoms with Crippen molar-refractivity contribution in [1.29, 1.82) is 0 Å². The molecule has 0 fully saturated rings. The van der Waals surface area contributed by atoms with Crippen molar-refractivity contribution in [2.24, 2.45) is 5.73 Å². The number of benzene rings is 1. The maximum absolute atomic E-state index is 6.36. The molecule has 0 saturated carbocycles. The highest BCUT2D eigenvalue weighted by Gasteiger charge is 2.17. The summed E-state index contributed by atoms with van der Waals surface area (Å²) in [5.41, 5.74) is 8.91. The lowest BCUT2D eigenvalue weighted by Crippen LogP contribution is -2.17. The number of nitrogens with zero attached hydrogens (tertiary/aromatic N) is 3. The molecule has 23 heavy (non-hydrogen) atoms. The minimum absolute atomic E-state index is 0.280. The van der Waals surface area contributed by atoms with Crippen molar-refractivity contribution < 1.29 is 4.74 Å². The molecule has 0 aliphatic carbocycles. The van der Waals surface area contributed by atoms with E-state index in [1.807, 2.05) is 48.5 Å². The van der Waals surface area contributed by atoms with Crippen LogP contribution in [0.4, 0.5) is 0 Å². The molecule has 2 aromatic heterocycles. The minimum atomic E-state index is -0.280. The summed E-state index contributed by atoms with van der Waals surface area (Å²) < 4.78 is 5.37. The molecular weight excluding hydrogens is 288 g/mol. The normalized spacial score (nSPS) is 11.9. The lowest BCUT2D eigenvalue weighted by molar-refractivity contribution is 0.399. The molecule has 3 rings (SSSR count). The van der Waals surface area contributed by atoms with Crippen LogP contribution >= 0.6 is 0 Å². The zero-order valence-corrected chi connectivity index (χ0v) is 12.9. The zero-order chi connectivity index (χ0) is 16.1. The van der Waals surface area contributed by atoms with Crippen molar-refractivity contribution in [3.8, 4) is 17.3 Å². The Morgan fingerprint density at radius 2 is 1.83 bits per heavy atom. The third-order valence-corrected chi connectivity index (χ3v) is 3.55. The lowest BCUT2D eigenvalue weighted by atomic mass is 10.0. The van der Waals surface area contributed by atoms with Gasteiger partial charge in [-0.25, -0.2) is 9.97 Å². The van der Waals surface area contributed by atoms with Crippen LogP contribution in [0.25, 0.3) is 11.5 Å². The molecule has 1 atom stereocenters. The van der Waals surface area contributed by atoms with Crippen LogP contribution in [0.3, 0.4) is 0 Å². The molecule has 2 N–H and O–H groups in total. The number of hydrogen-bond donors (Lipinski definition) is 1. The molecule has 5 nitrogen and oxygen atoms in total. The summed E-state index contributed by atoms with van der Waals surface area (Å²) in [4.78, 5) is 13.2. The van der Waals surface area contributed by atoms with E-state index in [1.54, 1.807) is 19.5 Å². The number of hydrogen-bond acceptors (Lipinski definition) is 5. The van der Waals surface area contributed by atoms with Crippen LogP contribution in [0.5, 0.6) is 5.75 Å². The fraction of sp³-hybridized carbons (Fsp3) is 0.167. The Morgan fingerprint density at radius 1 is 1.04 bits per heavy atom. The van der Waals surface area contributed by atoms with E-state index in [4.69, 9.17) is 10.5 Å². The molecule has 2 heterocycles. The maximum atomic E-state index is 6.36. The summed E-state index contributed by atoms with van der Waals surface area (Å²) in [5, 5.41) is 0. The molecule has 3 aromatic rings. The van der Waals surface area contributed by atoms with Crippen molar-refractivity contribution in [2.45, 2.75) is 12.5 Å². The largest absolute Gasteiger partial charge is 0.493 e. The second kappa shape index (κ2) is 6.98. The average molecular weight is 306 g/mol. The predicted molar refractivity (Wildman–Crippen MR) is 88.9 cm³/mol. The second-order valence-corrected chi connectivity index (χ2v) is 5.16. The third-order valence-electron chi connectivity index (χ3n) is 3.55. The van der Waals surface area contributed by atoms with Gasteiger partial charge in [0.05, 0.1) is 19.3 Å². The van der Waals surface area contributed by atoms with Gasteiger partial charge in [0.15, 0.2) is 11.6 Å². The van der Waals surface area contributed by atoms with Gasteiger partial charge in [0, 0.05) is 6.20 Å². The number of nitrogens with two attached hydrogens (primary N) is 1. The first-order valence-electron chi connectivity index (χ1n) is 7.40. The molecule has 0 saturated heterocycles. The maximum Gasteiger partial charge on any atom is 0.178 e. The number of pyridine rings is 1. The number of rotatable bonds is 5. The smallest absolute Gasteiger partial charge is 0.178 e. The van der Waals surface area contributed by atoms with Gasteiger partial charge in [-0.15, -0.1) is 0 Å². The van der Waals surface area contributed by atoms with E-state index in [0.29, 0.717) is 29.4 Å². The summed E-state index contributed by atoms with van der Waals surface area (Å²) in [6.07, 6.45) is 4.04. The van der Waals surface area contributed by atoms with E-state index >= 15 is 0 Å². The van der Waals surface area contributed by atoms with Crippen LogP contribution in [0.15, 0.2) is 60.9 Å². The van der Waals surface area contributed by atoms with E-state index < -0.39 is 0 Å². The highest BCUT2D eigenvalue weighted by atomic mass is 16.5. The average Bonchev–Trinajstić information content (AvgIpc) is 2.62. The predicted octanol–water partition coefficient (Wildman–Crippen LogP) is 2.79. The Morgan fingerprint density at radius 3 is 2.52 bits per heavy atom. The van der Waals surface area contributed by atoms with E-state index in [0.717, 1.165) is 5.56 Å². The van der Waals surface area contributed by atoms with Gasteiger partial charge in [-0.1, -0.05) is 36.4 Å². The van der Waals surface area contributed by atoms with Crippen LogP contribution in [-0.4, -0.2) is 22.1 Å². The highest BCUT2D eigenvalue weighted by Crippen LogP contribution is 2.25. The number of ether oxygens (including phenoxy) is 1. The standard InChI is InChI=1S/C18H18N4O/c1-23-16-12-21-18(15-9-5-6-10-20-15)22-17(16)14(19)11-13-7-3-2-4-8-13/h2-10,12,14H,11,19H2,1H3. The van der Waals surface area contributed by atoms with Gasteiger partial charge in [-0.3, -0.25) is 4.98 Å². The lowest BCUT2D eigenvalue weighted by Gasteiger charge is -2.15. The Balaban J connectivity index is 1.93. The molecular formula is C18H18N4O. The molecule has 1 aromatic carbocycles. The van der Waals surface area contributed by atoms with E-state index in [2.05, 4.69) is 15.0 Å². The van der Waals surface area contributed by atoms with E-state index in [1.165, 1.54) is 0 Å². The molecule has 116 valence electrons. The Hall–Kier alpha value is -2.79. The van der Waals surface area contributed by atoms with Crippen molar-refractivity contribution in [1.82, 2.24) is 15.0 Å². The van der Waals surface area contributed by atoms with Gasteiger partial charge < -0.3 is 10.5 Å². The van der Waals surface area contributed by atoms with Gasteiger partial charge in [-0.05, 0) is 24.1 Å². The molecule has 0 radical (unpaired) electrons. The molecule has 0 amide bonds. The first kappa shape index (κ1) is 15.1. The van der Waals surface area contributed by atoms with Crippen LogP contribution < -0.4 is 10.5 Å². The van der Waals surface area contributed by atoms with E-state index in [-0.39, 0.29) is 6.04 Å². The molecule has 1 unspecified atom stereocenters. The number of methoxy groups -OCH3 is 1.